The van der Waals surface area contributed by atoms with E-state index in [2.05, 4.69) is 29.3 Å². The summed E-state index contributed by atoms with van der Waals surface area (Å²) in [5, 5.41) is 3.78. The largest absolute Gasteiger partial charge is 0.486 e. The molecule has 0 bridgehead atoms. The normalized spacial score (nSPS) is 26.8. The van der Waals surface area contributed by atoms with Crippen molar-refractivity contribution in [1.29, 1.82) is 0 Å². The SMILES string of the molecule is CC(NC1CCN(C2CC2)C1)c1ccc2c(c1)OCCO2. The molecule has 21 heavy (non-hydrogen) atoms. The first kappa shape index (κ1) is 13.4. The lowest BCUT2D eigenvalue weighted by molar-refractivity contribution is 0.171. The Labute approximate surface area is 126 Å². The first-order valence-corrected chi connectivity index (χ1v) is 8.19. The van der Waals surface area contributed by atoms with Crippen molar-refractivity contribution in [1.82, 2.24) is 10.2 Å². The van der Waals surface area contributed by atoms with Crippen molar-refractivity contribution in [2.45, 2.75) is 44.3 Å². The Kier molecular flexibility index (Phi) is 3.51. The van der Waals surface area contributed by atoms with E-state index < -0.39 is 0 Å². The van der Waals surface area contributed by atoms with Crippen LogP contribution in [0.5, 0.6) is 11.5 Å². The summed E-state index contributed by atoms with van der Waals surface area (Å²) in [7, 11) is 0. The van der Waals surface area contributed by atoms with Crippen molar-refractivity contribution in [3.05, 3.63) is 23.8 Å². The van der Waals surface area contributed by atoms with Gasteiger partial charge >= 0.3 is 0 Å². The summed E-state index contributed by atoms with van der Waals surface area (Å²) in [5.74, 6) is 1.76. The molecule has 1 N–H and O–H groups in total. The predicted octanol–water partition coefficient (Wildman–Crippen LogP) is 2.35. The van der Waals surface area contributed by atoms with Gasteiger partial charge in [0.25, 0.3) is 0 Å². The molecular weight excluding hydrogens is 264 g/mol. The van der Waals surface area contributed by atoms with Gasteiger partial charge < -0.3 is 14.8 Å². The van der Waals surface area contributed by atoms with E-state index >= 15 is 0 Å². The first-order valence-electron chi connectivity index (χ1n) is 8.19. The van der Waals surface area contributed by atoms with E-state index in [1.165, 1.54) is 37.9 Å². The number of benzene rings is 1. The van der Waals surface area contributed by atoms with Crippen LogP contribution < -0.4 is 14.8 Å². The molecule has 2 heterocycles. The molecule has 4 heteroatoms. The average Bonchev–Trinajstić information content (AvgIpc) is 3.27. The van der Waals surface area contributed by atoms with Gasteiger partial charge in [0.1, 0.15) is 13.2 Å². The van der Waals surface area contributed by atoms with E-state index in [1.807, 2.05) is 6.07 Å². The van der Waals surface area contributed by atoms with Crippen molar-refractivity contribution < 1.29 is 9.47 Å². The maximum absolute atomic E-state index is 5.68. The van der Waals surface area contributed by atoms with Gasteiger partial charge in [0.2, 0.25) is 0 Å². The van der Waals surface area contributed by atoms with Crippen LogP contribution in [-0.2, 0) is 0 Å². The molecule has 0 amide bonds. The number of nitrogens with zero attached hydrogens (tertiary/aromatic N) is 1. The summed E-state index contributed by atoms with van der Waals surface area (Å²) in [6.45, 7) is 6.01. The molecule has 2 atom stereocenters. The van der Waals surface area contributed by atoms with Gasteiger partial charge in [0, 0.05) is 31.2 Å². The third-order valence-corrected chi connectivity index (χ3v) is 4.83. The van der Waals surface area contributed by atoms with Crippen molar-refractivity contribution in [2.75, 3.05) is 26.3 Å². The molecule has 3 aliphatic rings. The standard InChI is InChI=1S/C17H24N2O2/c1-12(18-14-6-7-19(11-14)15-3-4-15)13-2-5-16-17(10-13)21-9-8-20-16/h2,5,10,12,14-15,18H,3-4,6-9,11H2,1H3. The number of fused-ring (bicyclic) bond motifs is 1. The summed E-state index contributed by atoms with van der Waals surface area (Å²) in [5.41, 5.74) is 1.28. The second-order valence-corrected chi connectivity index (χ2v) is 6.50. The molecule has 1 aromatic carbocycles. The molecule has 4 rings (SSSR count). The summed E-state index contributed by atoms with van der Waals surface area (Å²) >= 11 is 0. The van der Waals surface area contributed by atoms with Crippen LogP contribution in [0, 0.1) is 0 Å². The van der Waals surface area contributed by atoms with Gasteiger partial charge in [-0.3, -0.25) is 4.90 Å². The van der Waals surface area contributed by atoms with E-state index in [-0.39, 0.29) is 0 Å². The minimum absolute atomic E-state index is 0.352. The summed E-state index contributed by atoms with van der Waals surface area (Å²) < 4.78 is 11.3. The van der Waals surface area contributed by atoms with E-state index in [1.54, 1.807) is 0 Å². The van der Waals surface area contributed by atoms with Gasteiger partial charge in [0.05, 0.1) is 0 Å². The van der Waals surface area contributed by atoms with Gasteiger partial charge in [-0.25, -0.2) is 0 Å². The van der Waals surface area contributed by atoms with E-state index in [4.69, 9.17) is 9.47 Å². The van der Waals surface area contributed by atoms with Crippen LogP contribution in [0.4, 0.5) is 0 Å². The van der Waals surface area contributed by atoms with Crippen molar-refractivity contribution in [2.24, 2.45) is 0 Å². The molecule has 0 aromatic heterocycles. The highest BCUT2D eigenvalue weighted by atomic mass is 16.6. The van der Waals surface area contributed by atoms with Crippen LogP contribution in [0.15, 0.2) is 18.2 Å². The Morgan fingerprint density at radius 2 is 1.95 bits per heavy atom. The van der Waals surface area contributed by atoms with Gasteiger partial charge in [0.15, 0.2) is 11.5 Å². The molecule has 1 saturated carbocycles. The van der Waals surface area contributed by atoms with Crippen molar-refractivity contribution in [3.63, 3.8) is 0 Å². The van der Waals surface area contributed by atoms with Crippen LogP contribution >= 0.6 is 0 Å². The lowest BCUT2D eigenvalue weighted by atomic mass is 10.1. The maximum Gasteiger partial charge on any atom is 0.161 e. The highest BCUT2D eigenvalue weighted by molar-refractivity contribution is 5.44. The van der Waals surface area contributed by atoms with E-state index in [9.17, 15) is 0 Å². The molecule has 114 valence electrons. The van der Waals surface area contributed by atoms with Crippen LogP contribution in [0.25, 0.3) is 0 Å². The molecule has 1 aliphatic carbocycles. The van der Waals surface area contributed by atoms with Gasteiger partial charge in [-0.15, -0.1) is 0 Å². The van der Waals surface area contributed by atoms with Crippen molar-refractivity contribution in [3.8, 4) is 11.5 Å². The highest BCUT2D eigenvalue weighted by Gasteiger charge is 2.34. The average molecular weight is 288 g/mol. The molecule has 2 aliphatic heterocycles. The van der Waals surface area contributed by atoms with Crippen LogP contribution in [0.3, 0.4) is 0 Å². The minimum atomic E-state index is 0.352. The van der Waals surface area contributed by atoms with Crippen LogP contribution in [-0.4, -0.2) is 43.3 Å². The molecule has 2 fully saturated rings. The molecule has 0 radical (unpaired) electrons. The van der Waals surface area contributed by atoms with E-state index in [0.717, 1.165) is 17.5 Å². The van der Waals surface area contributed by atoms with Gasteiger partial charge in [-0.2, -0.15) is 0 Å². The Balaban J connectivity index is 1.39. The topological polar surface area (TPSA) is 33.7 Å². The fourth-order valence-electron chi connectivity index (χ4n) is 3.47. The maximum atomic E-state index is 5.68. The molecule has 4 nitrogen and oxygen atoms in total. The zero-order valence-corrected chi connectivity index (χ0v) is 12.7. The van der Waals surface area contributed by atoms with Gasteiger partial charge in [-0.05, 0) is 43.9 Å². The van der Waals surface area contributed by atoms with Gasteiger partial charge in [-0.1, -0.05) is 6.07 Å². The smallest absolute Gasteiger partial charge is 0.161 e. The third kappa shape index (κ3) is 2.87. The summed E-state index contributed by atoms with van der Waals surface area (Å²) in [4.78, 5) is 2.65. The second-order valence-electron chi connectivity index (χ2n) is 6.50. The fraction of sp³-hybridized carbons (Fsp3) is 0.647. The lowest BCUT2D eigenvalue weighted by Gasteiger charge is -2.23. The molecule has 2 unspecified atom stereocenters. The summed E-state index contributed by atoms with van der Waals surface area (Å²) in [6, 6.07) is 8.17. The number of rotatable bonds is 4. The lowest BCUT2D eigenvalue weighted by Crippen LogP contribution is -2.35. The van der Waals surface area contributed by atoms with Crippen LogP contribution in [0.2, 0.25) is 0 Å². The Morgan fingerprint density at radius 1 is 1.14 bits per heavy atom. The quantitative estimate of drug-likeness (QED) is 0.922. The second kappa shape index (κ2) is 5.50. The predicted molar refractivity (Wildman–Crippen MR) is 82.0 cm³/mol. The Hall–Kier alpha value is -1.26. The third-order valence-electron chi connectivity index (χ3n) is 4.83. The Bertz CT molecular complexity index is 516. The molecular formula is C17H24N2O2. The zero-order chi connectivity index (χ0) is 14.2. The molecule has 1 saturated heterocycles. The Morgan fingerprint density at radius 3 is 2.76 bits per heavy atom. The molecule has 0 spiro atoms. The number of likely N-dealkylation sites (tertiary alicyclic amines) is 1. The number of hydrogen-bond donors (Lipinski definition) is 1. The monoisotopic (exact) mass is 288 g/mol. The highest BCUT2D eigenvalue weighted by Crippen LogP contribution is 2.33. The number of nitrogens with one attached hydrogen (secondary N) is 1. The first-order chi connectivity index (χ1) is 10.3. The van der Waals surface area contributed by atoms with Crippen molar-refractivity contribution >= 4 is 0 Å². The van der Waals surface area contributed by atoms with E-state index in [0.29, 0.717) is 25.3 Å². The molecule has 1 aromatic rings. The van der Waals surface area contributed by atoms with Crippen LogP contribution in [0.1, 0.15) is 37.8 Å². The fourth-order valence-corrected chi connectivity index (χ4v) is 3.47. The number of ether oxygens (including phenoxy) is 2. The summed E-state index contributed by atoms with van der Waals surface area (Å²) in [6.07, 6.45) is 4.08. The number of hydrogen-bond acceptors (Lipinski definition) is 4. The zero-order valence-electron chi connectivity index (χ0n) is 12.7. The minimum Gasteiger partial charge on any atom is -0.486 e.